The van der Waals surface area contributed by atoms with E-state index in [9.17, 15) is 15.3 Å². The van der Waals surface area contributed by atoms with Crippen LogP contribution in [0, 0.1) is 0 Å². The number of amidine groups is 2. The van der Waals surface area contributed by atoms with Crippen LogP contribution in [0.3, 0.4) is 0 Å². The zero-order valence-corrected chi connectivity index (χ0v) is 13.0. The summed E-state index contributed by atoms with van der Waals surface area (Å²) in [5.41, 5.74) is 0.275. The SMILES string of the molecule is [3H]C1=NC2=NC(=C)CNc3cn([C@@H]4O[C@H](CO)[C@@H](O)[C@@]4(C)O)c(c32)N1. The average Bonchev–Trinajstić information content (AvgIpc) is 2.94. The summed E-state index contributed by atoms with van der Waals surface area (Å²) in [6.45, 7) is 5.26. The number of hydrogen-bond acceptors (Lipinski definition) is 8. The normalized spacial score (nSPS) is 35.2. The Kier molecular flexibility index (Phi) is 3.04. The minimum Gasteiger partial charge on any atom is -0.394 e. The van der Waals surface area contributed by atoms with Gasteiger partial charge in [0, 0.05) is 6.20 Å². The van der Waals surface area contributed by atoms with Crippen molar-refractivity contribution in [1.82, 2.24) is 4.57 Å². The van der Waals surface area contributed by atoms with Crippen molar-refractivity contribution in [2.24, 2.45) is 9.98 Å². The molecular formula is C15H19N5O4. The smallest absolute Gasteiger partial charge is 0.167 e. The Hall–Kier alpha value is -2.20. The highest BCUT2D eigenvalue weighted by molar-refractivity contribution is 6.16. The third-order valence-corrected chi connectivity index (χ3v) is 4.53. The molecule has 3 aliphatic heterocycles. The summed E-state index contributed by atoms with van der Waals surface area (Å²) in [5, 5.41) is 36.4. The lowest BCUT2D eigenvalue weighted by molar-refractivity contribution is -0.0954. The van der Waals surface area contributed by atoms with Crippen LogP contribution in [-0.2, 0) is 4.74 Å². The van der Waals surface area contributed by atoms with Crippen LogP contribution in [0.5, 0.6) is 0 Å². The second kappa shape index (κ2) is 5.15. The highest BCUT2D eigenvalue weighted by Gasteiger charge is 2.53. The molecule has 1 fully saturated rings. The number of rotatable bonds is 2. The molecule has 9 heteroatoms. The number of aliphatic hydroxyl groups excluding tert-OH is 2. The predicted octanol–water partition coefficient (Wildman–Crippen LogP) is -0.371. The van der Waals surface area contributed by atoms with Gasteiger partial charge in [-0.2, -0.15) is 0 Å². The van der Waals surface area contributed by atoms with Crippen LogP contribution in [0.15, 0.2) is 28.5 Å². The summed E-state index contributed by atoms with van der Waals surface area (Å²) in [4.78, 5) is 8.43. The zero-order chi connectivity index (χ0) is 17.9. The molecule has 1 aromatic heterocycles. The van der Waals surface area contributed by atoms with Gasteiger partial charge in [-0.25, -0.2) is 9.98 Å². The Morgan fingerprint density at radius 1 is 1.62 bits per heavy atom. The van der Waals surface area contributed by atoms with Gasteiger partial charge in [-0.3, -0.25) is 0 Å². The van der Waals surface area contributed by atoms with Gasteiger partial charge in [0.15, 0.2) is 12.1 Å². The molecule has 0 aliphatic carbocycles. The van der Waals surface area contributed by atoms with Gasteiger partial charge in [0.1, 0.15) is 25.0 Å². The molecule has 24 heavy (non-hydrogen) atoms. The maximum atomic E-state index is 10.7. The maximum absolute atomic E-state index is 10.7. The third-order valence-electron chi connectivity index (χ3n) is 4.53. The number of aliphatic hydroxyl groups is 3. The molecule has 5 N–H and O–H groups in total. The fourth-order valence-electron chi connectivity index (χ4n) is 3.24. The third kappa shape index (κ3) is 2.02. The van der Waals surface area contributed by atoms with Gasteiger partial charge in [0.05, 0.1) is 36.4 Å². The van der Waals surface area contributed by atoms with E-state index in [0.29, 0.717) is 35.1 Å². The second-order valence-electron chi connectivity index (χ2n) is 6.26. The predicted molar refractivity (Wildman–Crippen MR) is 88.3 cm³/mol. The number of nitrogens with one attached hydrogen (secondary N) is 2. The summed E-state index contributed by atoms with van der Waals surface area (Å²) < 4.78 is 15.2. The summed E-state index contributed by atoms with van der Waals surface area (Å²) in [6, 6.07) is 0. The second-order valence-corrected chi connectivity index (χ2v) is 6.26. The molecule has 4 heterocycles. The fourth-order valence-corrected chi connectivity index (χ4v) is 3.24. The van der Waals surface area contributed by atoms with E-state index in [1.165, 1.54) is 6.92 Å². The topological polar surface area (TPSA) is 124 Å². The van der Waals surface area contributed by atoms with Crippen molar-refractivity contribution in [1.29, 1.82) is 0 Å². The van der Waals surface area contributed by atoms with Crippen LogP contribution in [-0.4, -0.2) is 63.0 Å². The lowest BCUT2D eigenvalue weighted by Gasteiger charge is -2.29. The molecule has 4 atom stereocenters. The van der Waals surface area contributed by atoms with Crippen LogP contribution in [0.2, 0.25) is 0 Å². The van der Waals surface area contributed by atoms with E-state index in [2.05, 4.69) is 27.2 Å². The summed E-state index contributed by atoms with van der Waals surface area (Å²) in [5.74, 6) is 0.811. The van der Waals surface area contributed by atoms with Gasteiger partial charge in [0.2, 0.25) is 0 Å². The molecule has 0 amide bonds. The van der Waals surface area contributed by atoms with E-state index >= 15 is 0 Å². The Morgan fingerprint density at radius 2 is 2.42 bits per heavy atom. The minimum absolute atomic E-state index is 0.108. The van der Waals surface area contributed by atoms with Crippen LogP contribution in [0.4, 0.5) is 11.5 Å². The first kappa shape index (κ1) is 14.2. The standard InChI is InChI=1S/C15H19N5O4/c1-7-3-16-8-4-20(13-10(8)12(19-7)17-6-18-13)14-15(2,23)11(22)9(5-21)24-14/h4,6,9,11,14,16,21-23H,1,3,5H2,2H3,(H,17,18,19)/t9-,11-,14-,15-/m1/s1/i6T. The van der Waals surface area contributed by atoms with Crippen molar-refractivity contribution in [2.45, 2.75) is 31.0 Å². The first-order valence-electron chi connectivity index (χ1n) is 8.07. The van der Waals surface area contributed by atoms with Gasteiger partial charge in [-0.1, -0.05) is 6.58 Å². The molecule has 0 bridgehead atoms. The fraction of sp³-hybridized carbons (Fsp3) is 0.467. The summed E-state index contributed by atoms with van der Waals surface area (Å²) in [6.07, 6.45) is -1.55. The quantitative estimate of drug-likeness (QED) is 0.502. The van der Waals surface area contributed by atoms with E-state index in [1.807, 2.05) is 0 Å². The number of ether oxygens (including phenoxy) is 1. The van der Waals surface area contributed by atoms with Gasteiger partial charge < -0.3 is 35.3 Å². The van der Waals surface area contributed by atoms with Crippen molar-refractivity contribution in [3.05, 3.63) is 24.0 Å². The van der Waals surface area contributed by atoms with Gasteiger partial charge in [-0.05, 0) is 6.92 Å². The highest BCUT2D eigenvalue weighted by atomic mass is 16.6. The van der Waals surface area contributed by atoms with Gasteiger partial charge in [-0.15, -0.1) is 0 Å². The molecule has 128 valence electrons. The Labute approximate surface area is 139 Å². The maximum Gasteiger partial charge on any atom is 0.167 e. The number of hydrogen-bond donors (Lipinski definition) is 5. The molecule has 9 nitrogen and oxygen atoms in total. The highest BCUT2D eigenvalue weighted by Crippen LogP contribution is 2.43. The van der Waals surface area contributed by atoms with Crippen LogP contribution in [0.25, 0.3) is 0 Å². The molecule has 4 rings (SSSR count). The molecule has 0 radical (unpaired) electrons. The molecule has 0 spiro atoms. The molecule has 1 saturated heterocycles. The largest absolute Gasteiger partial charge is 0.394 e. The Balaban J connectivity index is 1.85. The molecular weight excluding hydrogens is 314 g/mol. The van der Waals surface area contributed by atoms with E-state index in [0.717, 1.165) is 0 Å². The van der Waals surface area contributed by atoms with E-state index in [4.69, 9.17) is 6.11 Å². The van der Waals surface area contributed by atoms with Crippen molar-refractivity contribution in [3.63, 3.8) is 0 Å². The first-order valence-corrected chi connectivity index (χ1v) is 7.57. The molecule has 0 aromatic carbocycles. The Bertz CT molecular complexity index is 815. The summed E-state index contributed by atoms with van der Waals surface area (Å²) in [7, 11) is 0. The number of aliphatic imine (C=N–C) groups is 2. The van der Waals surface area contributed by atoms with Crippen molar-refractivity contribution in [3.8, 4) is 0 Å². The molecule has 3 aliphatic rings. The minimum atomic E-state index is -1.64. The first-order chi connectivity index (χ1) is 11.8. The lowest BCUT2D eigenvalue weighted by Crippen LogP contribution is -2.44. The summed E-state index contributed by atoms with van der Waals surface area (Å²) >= 11 is 0. The zero-order valence-electron chi connectivity index (χ0n) is 14.0. The van der Waals surface area contributed by atoms with Crippen LogP contribution < -0.4 is 10.6 Å². The van der Waals surface area contributed by atoms with Crippen molar-refractivity contribution < 1.29 is 21.4 Å². The number of anilines is 2. The number of nitrogens with zero attached hydrogens (tertiary/aromatic N) is 3. The lowest BCUT2D eigenvalue weighted by atomic mass is 9.96. The van der Waals surface area contributed by atoms with Crippen LogP contribution in [0.1, 0.15) is 20.1 Å². The molecule has 0 saturated carbocycles. The van der Waals surface area contributed by atoms with Gasteiger partial charge in [0.25, 0.3) is 0 Å². The Morgan fingerprint density at radius 3 is 3.12 bits per heavy atom. The molecule has 1 aromatic rings. The van der Waals surface area contributed by atoms with E-state index < -0.39 is 30.6 Å². The van der Waals surface area contributed by atoms with Crippen molar-refractivity contribution in [2.75, 3.05) is 23.8 Å². The monoisotopic (exact) mass is 335 g/mol. The van der Waals surface area contributed by atoms with E-state index in [1.54, 1.807) is 10.8 Å². The van der Waals surface area contributed by atoms with E-state index in [-0.39, 0.29) is 6.31 Å². The van der Waals surface area contributed by atoms with Gasteiger partial charge >= 0.3 is 0 Å². The number of aromatic nitrogens is 1. The van der Waals surface area contributed by atoms with Crippen LogP contribution >= 0.6 is 0 Å². The van der Waals surface area contributed by atoms with Crippen molar-refractivity contribution >= 4 is 23.7 Å². The average molecular weight is 335 g/mol. The molecule has 0 unspecified atom stereocenters.